The van der Waals surface area contributed by atoms with Crippen LogP contribution in [-0.2, 0) is 22.6 Å². The Labute approximate surface area is 149 Å². The molecule has 2 aromatic rings. The molecule has 2 fully saturated rings. The Morgan fingerprint density at radius 3 is 2.80 bits per heavy atom. The van der Waals surface area contributed by atoms with Crippen molar-refractivity contribution < 1.29 is 9.47 Å². The molecule has 132 valence electrons. The molecule has 0 unspecified atom stereocenters. The van der Waals surface area contributed by atoms with Gasteiger partial charge >= 0.3 is 0 Å². The molecule has 2 aliphatic heterocycles. The number of aromatic nitrogens is 1. The maximum Gasteiger partial charge on any atom is 0.0959 e. The third-order valence-electron chi connectivity index (χ3n) is 5.13. The van der Waals surface area contributed by atoms with Gasteiger partial charge in [-0.15, -0.1) is 0 Å². The lowest BCUT2D eigenvalue weighted by Gasteiger charge is -2.53. The number of pyridine rings is 1. The van der Waals surface area contributed by atoms with Crippen molar-refractivity contribution in [3.8, 4) is 0 Å². The summed E-state index contributed by atoms with van der Waals surface area (Å²) in [6.45, 7) is 6.42. The number of aryl methyl sites for hydroxylation is 1. The molecule has 1 atom stereocenters. The molecule has 4 heteroatoms. The number of hydrogen-bond acceptors (Lipinski definition) is 4. The molecule has 2 saturated heterocycles. The maximum absolute atomic E-state index is 6.15. The summed E-state index contributed by atoms with van der Waals surface area (Å²) in [6, 6.07) is 16.7. The zero-order valence-corrected chi connectivity index (χ0v) is 14.9. The molecule has 1 spiro atoms. The van der Waals surface area contributed by atoms with E-state index in [1.165, 1.54) is 5.56 Å². The van der Waals surface area contributed by atoms with Gasteiger partial charge in [-0.25, -0.2) is 0 Å². The summed E-state index contributed by atoms with van der Waals surface area (Å²) in [5, 5.41) is 0. The van der Waals surface area contributed by atoms with Crippen LogP contribution < -0.4 is 0 Å². The molecule has 2 aliphatic rings. The first kappa shape index (κ1) is 16.7. The van der Waals surface area contributed by atoms with E-state index in [1.54, 1.807) is 0 Å². The average Bonchev–Trinajstić information content (AvgIpc) is 2.60. The Bertz CT molecular complexity index is 698. The number of ether oxygens (including phenoxy) is 2. The highest BCUT2D eigenvalue weighted by atomic mass is 16.5. The van der Waals surface area contributed by atoms with Crippen molar-refractivity contribution in [1.82, 2.24) is 9.88 Å². The lowest BCUT2D eigenvalue weighted by atomic mass is 9.84. The highest BCUT2D eigenvalue weighted by Gasteiger charge is 2.47. The largest absolute Gasteiger partial charge is 0.372 e. The van der Waals surface area contributed by atoms with Crippen LogP contribution in [0.1, 0.15) is 29.8 Å². The van der Waals surface area contributed by atoms with Crippen LogP contribution in [0.5, 0.6) is 0 Å². The van der Waals surface area contributed by atoms with Gasteiger partial charge in [-0.05, 0) is 31.0 Å². The van der Waals surface area contributed by atoms with Crippen LogP contribution in [0.2, 0.25) is 0 Å². The smallest absolute Gasteiger partial charge is 0.0959 e. The second-order valence-corrected chi connectivity index (χ2v) is 7.36. The Hall–Kier alpha value is -1.75. The van der Waals surface area contributed by atoms with E-state index in [0.717, 1.165) is 50.5 Å². The van der Waals surface area contributed by atoms with Crippen LogP contribution in [0, 0.1) is 6.92 Å². The van der Waals surface area contributed by atoms with Gasteiger partial charge in [0, 0.05) is 38.4 Å². The lowest BCUT2D eigenvalue weighted by Crippen LogP contribution is -2.65. The Kier molecular flexibility index (Phi) is 4.84. The van der Waals surface area contributed by atoms with E-state index in [0.29, 0.717) is 6.61 Å². The fraction of sp³-hybridized carbons (Fsp3) is 0.476. The third kappa shape index (κ3) is 4.09. The molecule has 0 aliphatic carbocycles. The molecule has 4 nitrogen and oxygen atoms in total. The zero-order chi connectivity index (χ0) is 17.1. The van der Waals surface area contributed by atoms with E-state index >= 15 is 0 Å². The zero-order valence-electron chi connectivity index (χ0n) is 14.9. The molecule has 0 amide bonds. The minimum atomic E-state index is -0.00225. The van der Waals surface area contributed by atoms with Gasteiger partial charge in [-0.1, -0.05) is 36.4 Å². The normalized spacial score (nSPS) is 22.7. The quantitative estimate of drug-likeness (QED) is 0.837. The summed E-state index contributed by atoms with van der Waals surface area (Å²) in [5.41, 5.74) is 3.42. The van der Waals surface area contributed by atoms with Gasteiger partial charge in [0.1, 0.15) is 0 Å². The summed E-state index contributed by atoms with van der Waals surface area (Å²) in [4.78, 5) is 6.98. The van der Waals surface area contributed by atoms with Crippen LogP contribution in [0.4, 0.5) is 0 Å². The second kappa shape index (κ2) is 7.24. The Morgan fingerprint density at radius 2 is 2.00 bits per heavy atom. The van der Waals surface area contributed by atoms with E-state index in [4.69, 9.17) is 9.47 Å². The third-order valence-corrected chi connectivity index (χ3v) is 5.13. The number of likely N-dealkylation sites (tertiary alicyclic amines) is 1. The lowest BCUT2D eigenvalue weighted by molar-refractivity contribution is -0.200. The standard InChI is InChI=1S/C21H26N2O2/c1-17-6-5-9-19(22-17)14-24-20-10-11-25-21(12-20)15-23(16-21)13-18-7-3-2-4-8-18/h2-9,20H,10-16H2,1H3/t20-/m0/s1. The van der Waals surface area contributed by atoms with Gasteiger partial charge in [0.05, 0.1) is 24.0 Å². The first-order chi connectivity index (χ1) is 12.2. The summed E-state index contributed by atoms with van der Waals surface area (Å²) in [7, 11) is 0. The SMILES string of the molecule is Cc1cccc(CO[C@H]2CCOC3(C2)CN(Cc2ccccc2)C3)n1. The monoisotopic (exact) mass is 338 g/mol. The predicted octanol–water partition coefficient (Wildman–Crippen LogP) is 3.34. The maximum atomic E-state index is 6.15. The first-order valence-electron chi connectivity index (χ1n) is 9.15. The average molecular weight is 338 g/mol. The van der Waals surface area contributed by atoms with Crippen LogP contribution in [0.15, 0.2) is 48.5 Å². The molecule has 3 heterocycles. The van der Waals surface area contributed by atoms with Crippen molar-refractivity contribution in [3.05, 3.63) is 65.5 Å². The molecule has 0 bridgehead atoms. The van der Waals surface area contributed by atoms with Crippen molar-refractivity contribution in [2.45, 2.75) is 44.6 Å². The molecular formula is C21H26N2O2. The van der Waals surface area contributed by atoms with Crippen molar-refractivity contribution in [2.75, 3.05) is 19.7 Å². The molecule has 1 aromatic heterocycles. The molecule has 0 saturated carbocycles. The van der Waals surface area contributed by atoms with Gasteiger partial charge in [0.25, 0.3) is 0 Å². The first-order valence-corrected chi connectivity index (χ1v) is 9.15. The van der Waals surface area contributed by atoms with Crippen LogP contribution in [0.25, 0.3) is 0 Å². The molecule has 0 radical (unpaired) electrons. The predicted molar refractivity (Wildman–Crippen MR) is 97.2 cm³/mol. The van der Waals surface area contributed by atoms with Gasteiger partial charge in [0.2, 0.25) is 0 Å². The fourth-order valence-electron chi connectivity index (χ4n) is 3.95. The Balaban J connectivity index is 1.27. The highest BCUT2D eigenvalue weighted by Crippen LogP contribution is 2.36. The van der Waals surface area contributed by atoms with Gasteiger partial charge in [-0.3, -0.25) is 9.88 Å². The topological polar surface area (TPSA) is 34.6 Å². The summed E-state index contributed by atoms with van der Waals surface area (Å²) >= 11 is 0. The molecule has 4 rings (SSSR count). The summed E-state index contributed by atoms with van der Waals surface area (Å²) < 4.78 is 12.3. The van der Waals surface area contributed by atoms with Crippen LogP contribution in [-0.4, -0.2) is 41.3 Å². The van der Waals surface area contributed by atoms with Gasteiger partial charge in [-0.2, -0.15) is 0 Å². The van der Waals surface area contributed by atoms with Gasteiger partial charge < -0.3 is 9.47 Å². The highest BCUT2D eigenvalue weighted by molar-refractivity contribution is 5.16. The number of nitrogens with zero attached hydrogens (tertiary/aromatic N) is 2. The minimum absolute atomic E-state index is 0.00225. The fourth-order valence-corrected chi connectivity index (χ4v) is 3.95. The second-order valence-electron chi connectivity index (χ2n) is 7.36. The minimum Gasteiger partial charge on any atom is -0.372 e. The number of hydrogen-bond donors (Lipinski definition) is 0. The molecule has 25 heavy (non-hydrogen) atoms. The van der Waals surface area contributed by atoms with Crippen LogP contribution in [0.3, 0.4) is 0 Å². The molecule has 1 aromatic carbocycles. The molecular weight excluding hydrogens is 312 g/mol. The van der Waals surface area contributed by atoms with E-state index < -0.39 is 0 Å². The number of rotatable bonds is 5. The van der Waals surface area contributed by atoms with Gasteiger partial charge in [0.15, 0.2) is 0 Å². The summed E-state index contributed by atoms with van der Waals surface area (Å²) in [6.07, 6.45) is 2.24. The van der Waals surface area contributed by atoms with E-state index in [1.807, 2.05) is 25.1 Å². The Morgan fingerprint density at radius 1 is 1.16 bits per heavy atom. The van der Waals surface area contributed by atoms with E-state index in [2.05, 4.69) is 40.2 Å². The summed E-state index contributed by atoms with van der Waals surface area (Å²) in [5.74, 6) is 0. The van der Waals surface area contributed by atoms with Crippen molar-refractivity contribution in [1.29, 1.82) is 0 Å². The van der Waals surface area contributed by atoms with Crippen molar-refractivity contribution in [3.63, 3.8) is 0 Å². The van der Waals surface area contributed by atoms with Crippen LogP contribution >= 0.6 is 0 Å². The van der Waals surface area contributed by atoms with E-state index in [-0.39, 0.29) is 11.7 Å². The van der Waals surface area contributed by atoms with Crippen molar-refractivity contribution in [2.24, 2.45) is 0 Å². The van der Waals surface area contributed by atoms with E-state index in [9.17, 15) is 0 Å². The molecule has 0 N–H and O–H groups in total. The number of benzene rings is 1. The van der Waals surface area contributed by atoms with Crippen molar-refractivity contribution >= 4 is 0 Å².